The van der Waals surface area contributed by atoms with Crippen molar-refractivity contribution in [1.82, 2.24) is 10.6 Å². The van der Waals surface area contributed by atoms with Gasteiger partial charge in [0.25, 0.3) is 0 Å². The number of nitrogens with one attached hydrogen (secondary N) is 2. The summed E-state index contributed by atoms with van der Waals surface area (Å²) in [6.45, 7) is 3.95. The molecule has 0 aromatic heterocycles. The van der Waals surface area contributed by atoms with Crippen molar-refractivity contribution >= 4 is 11.8 Å². The van der Waals surface area contributed by atoms with Crippen molar-refractivity contribution in [3.05, 3.63) is 0 Å². The summed E-state index contributed by atoms with van der Waals surface area (Å²) in [7, 11) is 0. The molecule has 2 unspecified atom stereocenters. The number of carbonyl (C=O) groups excluding carboxylic acids is 2. The van der Waals surface area contributed by atoms with E-state index in [9.17, 15) is 9.59 Å². The maximum absolute atomic E-state index is 11.3. The molecule has 0 bridgehead atoms. The monoisotopic (exact) mass is 184 g/mol. The van der Waals surface area contributed by atoms with Crippen LogP contribution in [0, 0.1) is 0 Å². The van der Waals surface area contributed by atoms with Gasteiger partial charge < -0.3 is 0 Å². The Kier molecular flexibility index (Phi) is 3.42. The van der Waals surface area contributed by atoms with E-state index in [1.54, 1.807) is 0 Å². The number of amides is 2. The van der Waals surface area contributed by atoms with Crippen LogP contribution in [0.5, 0.6) is 0 Å². The maximum atomic E-state index is 11.3. The number of hydrogen-bond donors (Lipinski definition) is 2. The van der Waals surface area contributed by atoms with Crippen LogP contribution < -0.4 is 10.6 Å². The van der Waals surface area contributed by atoms with Crippen molar-refractivity contribution in [3.63, 3.8) is 0 Å². The van der Waals surface area contributed by atoms with E-state index in [0.29, 0.717) is 0 Å². The smallest absolute Gasteiger partial charge is 0.243 e. The van der Waals surface area contributed by atoms with Gasteiger partial charge in [-0.2, -0.15) is 0 Å². The van der Waals surface area contributed by atoms with Gasteiger partial charge in [-0.1, -0.05) is 20.3 Å². The zero-order valence-corrected chi connectivity index (χ0v) is 8.09. The molecule has 4 nitrogen and oxygen atoms in total. The molecule has 1 aliphatic heterocycles. The lowest BCUT2D eigenvalue weighted by atomic mass is 10.0. The standard InChI is InChI=1S/C9H16N2O2/c1-3-5-7-9(13)11-8(12)6(4-2)10-7/h6-7,10H,3-5H2,1-2H3,(H,11,12,13). The van der Waals surface area contributed by atoms with Crippen LogP contribution in [-0.4, -0.2) is 23.9 Å². The second-order valence-electron chi connectivity index (χ2n) is 3.32. The lowest BCUT2D eigenvalue weighted by molar-refractivity contribution is -0.136. The summed E-state index contributed by atoms with van der Waals surface area (Å²) >= 11 is 0. The fourth-order valence-corrected chi connectivity index (χ4v) is 1.50. The SMILES string of the molecule is CCCC1NC(CC)C(=O)NC1=O. The molecule has 2 amide bonds. The largest absolute Gasteiger partial charge is 0.295 e. The highest BCUT2D eigenvalue weighted by Crippen LogP contribution is 2.05. The molecule has 1 aliphatic rings. The molecule has 1 heterocycles. The number of imide groups is 1. The molecule has 1 saturated heterocycles. The van der Waals surface area contributed by atoms with Gasteiger partial charge in [0.2, 0.25) is 11.8 Å². The molecule has 0 saturated carbocycles. The Morgan fingerprint density at radius 3 is 2.31 bits per heavy atom. The Bertz CT molecular complexity index is 216. The van der Waals surface area contributed by atoms with Gasteiger partial charge in [-0.05, 0) is 12.8 Å². The molecule has 0 aliphatic carbocycles. The zero-order chi connectivity index (χ0) is 9.84. The molecule has 13 heavy (non-hydrogen) atoms. The van der Waals surface area contributed by atoms with Crippen molar-refractivity contribution < 1.29 is 9.59 Å². The van der Waals surface area contributed by atoms with Gasteiger partial charge in [-0.3, -0.25) is 20.2 Å². The maximum Gasteiger partial charge on any atom is 0.243 e. The van der Waals surface area contributed by atoms with Crippen molar-refractivity contribution in [2.45, 2.75) is 45.2 Å². The van der Waals surface area contributed by atoms with Crippen LogP contribution in [0.1, 0.15) is 33.1 Å². The molecule has 0 radical (unpaired) electrons. The molecular weight excluding hydrogens is 168 g/mol. The summed E-state index contributed by atoms with van der Waals surface area (Å²) in [5.74, 6) is -0.378. The van der Waals surface area contributed by atoms with E-state index in [4.69, 9.17) is 0 Å². The van der Waals surface area contributed by atoms with Gasteiger partial charge in [-0.25, -0.2) is 0 Å². The summed E-state index contributed by atoms with van der Waals surface area (Å²) in [4.78, 5) is 22.5. The number of hydrogen-bond acceptors (Lipinski definition) is 3. The fraction of sp³-hybridized carbons (Fsp3) is 0.778. The predicted molar refractivity (Wildman–Crippen MR) is 49.1 cm³/mol. The Labute approximate surface area is 78.1 Å². The molecule has 4 heteroatoms. The highest BCUT2D eigenvalue weighted by Gasteiger charge is 2.31. The molecule has 2 N–H and O–H groups in total. The van der Waals surface area contributed by atoms with E-state index in [-0.39, 0.29) is 23.9 Å². The topological polar surface area (TPSA) is 58.2 Å². The lowest BCUT2D eigenvalue weighted by Crippen LogP contribution is -2.61. The minimum absolute atomic E-state index is 0.184. The Morgan fingerprint density at radius 1 is 1.15 bits per heavy atom. The van der Waals surface area contributed by atoms with Gasteiger partial charge in [0.05, 0.1) is 12.1 Å². The minimum Gasteiger partial charge on any atom is -0.295 e. The summed E-state index contributed by atoms with van der Waals surface area (Å²) in [5.41, 5.74) is 0. The normalized spacial score (nSPS) is 28.8. The van der Waals surface area contributed by atoms with Crippen molar-refractivity contribution in [3.8, 4) is 0 Å². The molecule has 0 spiro atoms. The summed E-state index contributed by atoms with van der Waals surface area (Å²) < 4.78 is 0. The third-order valence-corrected chi connectivity index (χ3v) is 2.27. The first kappa shape index (κ1) is 10.2. The lowest BCUT2D eigenvalue weighted by Gasteiger charge is -2.28. The average Bonchev–Trinajstić information content (AvgIpc) is 2.10. The van der Waals surface area contributed by atoms with Gasteiger partial charge >= 0.3 is 0 Å². The van der Waals surface area contributed by atoms with Crippen LogP contribution in [0.3, 0.4) is 0 Å². The minimum atomic E-state index is -0.200. The number of rotatable bonds is 3. The van der Waals surface area contributed by atoms with Crippen molar-refractivity contribution in [1.29, 1.82) is 0 Å². The van der Waals surface area contributed by atoms with E-state index in [0.717, 1.165) is 19.3 Å². The van der Waals surface area contributed by atoms with Crippen LogP contribution in [0.15, 0.2) is 0 Å². The van der Waals surface area contributed by atoms with Crippen LogP contribution in [-0.2, 0) is 9.59 Å². The van der Waals surface area contributed by atoms with Gasteiger partial charge in [0.1, 0.15) is 0 Å². The highest BCUT2D eigenvalue weighted by atomic mass is 16.2. The summed E-state index contributed by atoms with van der Waals surface area (Å²) in [5, 5.41) is 5.42. The molecule has 74 valence electrons. The second-order valence-corrected chi connectivity index (χ2v) is 3.32. The molecule has 1 fully saturated rings. The molecule has 1 rings (SSSR count). The Balaban J connectivity index is 2.58. The van der Waals surface area contributed by atoms with E-state index < -0.39 is 0 Å². The van der Waals surface area contributed by atoms with E-state index in [2.05, 4.69) is 10.6 Å². The third-order valence-electron chi connectivity index (χ3n) is 2.27. The number of carbonyl (C=O) groups is 2. The average molecular weight is 184 g/mol. The van der Waals surface area contributed by atoms with Crippen molar-refractivity contribution in [2.24, 2.45) is 0 Å². The zero-order valence-electron chi connectivity index (χ0n) is 8.09. The Hall–Kier alpha value is -0.900. The first-order valence-corrected chi connectivity index (χ1v) is 4.79. The van der Waals surface area contributed by atoms with E-state index >= 15 is 0 Å². The summed E-state index contributed by atoms with van der Waals surface area (Å²) in [6, 6.07) is -0.387. The molecular formula is C9H16N2O2. The highest BCUT2D eigenvalue weighted by molar-refractivity contribution is 6.02. The van der Waals surface area contributed by atoms with Crippen molar-refractivity contribution in [2.75, 3.05) is 0 Å². The Morgan fingerprint density at radius 2 is 1.77 bits per heavy atom. The quantitative estimate of drug-likeness (QED) is 0.615. The summed E-state index contributed by atoms with van der Waals surface area (Å²) in [6.07, 6.45) is 2.45. The molecule has 0 aromatic rings. The second kappa shape index (κ2) is 4.37. The first-order chi connectivity index (χ1) is 6.19. The van der Waals surface area contributed by atoms with Crippen LogP contribution in [0.4, 0.5) is 0 Å². The van der Waals surface area contributed by atoms with E-state index in [1.807, 2.05) is 13.8 Å². The first-order valence-electron chi connectivity index (χ1n) is 4.79. The van der Waals surface area contributed by atoms with Gasteiger partial charge in [-0.15, -0.1) is 0 Å². The number of piperazine rings is 1. The third kappa shape index (κ3) is 2.28. The predicted octanol–water partition coefficient (Wildman–Crippen LogP) is 0.180. The van der Waals surface area contributed by atoms with Crippen LogP contribution in [0.2, 0.25) is 0 Å². The van der Waals surface area contributed by atoms with Crippen LogP contribution in [0.25, 0.3) is 0 Å². The molecule has 0 aromatic carbocycles. The van der Waals surface area contributed by atoms with Gasteiger partial charge in [0, 0.05) is 0 Å². The molecule has 2 atom stereocenters. The van der Waals surface area contributed by atoms with Crippen LogP contribution >= 0.6 is 0 Å². The van der Waals surface area contributed by atoms with E-state index in [1.165, 1.54) is 0 Å². The van der Waals surface area contributed by atoms with Gasteiger partial charge in [0.15, 0.2) is 0 Å². The fourth-order valence-electron chi connectivity index (χ4n) is 1.50.